The molecule has 0 aliphatic carbocycles. The molecule has 0 radical (unpaired) electrons. The summed E-state index contributed by atoms with van der Waals surface area (Å²) in [6.45, 7) is 6.52. The Morgan fingerprint density at radius 1 is 1.12 bits per heavy atom. The van der Waals surface area contributed by atoms with E-state index in [0.29, 0.717) is 57.1 Å². The molecular weight excluding hydrogens is 512 g/mol. The molecule has 1 N–H and O–H groups in total. The Hall–Kier alpha value is -2.85. The Bertz CT molecular complexity index is 1060. The lowest BCUT2D eigenvalue weighted by Gasteiger charge is -2.31. The molecule has 0 bridgehead atoms. The van der Waals surface area contributed by atoms with Crippen LogP contribution in [0, 0.1) is 5.92 Å². The van der Waals surface area contributed by atoms with Crippen LogP contribution in [-0.4, -0.2) is 122 Å². The molecule has 3 aliphatic heterocycles. The number of quaternary nitrogens is 1. The largest absolute Gasteiger partial charge is 0.481 e. The minimum absolute atomic E-state index is 0.0487. The molecule has 1 aromatic rings. The van der Waals surface area contributed by atoms with Crippen molar-refractivity contribution >= 4 is 17.8 Å². The first-order valence-corrected chi connectivity index (χ1v) is 14.8. The third kappa shape index (κ3) is 7.46. The molecule has 1 unspecified atom stereocenters. The van der Waals surface area contributed by atoms with Crippen LogP contribution in [-0.2, 0) is 14.4 Å². The van der Waals surface area contributed by atoms with Gasteiger partial charge >= 0.3 is 5.97 Å². The second-order valence-corrected chi connectivity index (χ2v) is 12.5. The molecule has 1 aromatic carbocycles. The lowest BCUT2D eigenvalue weighted by molar-refractivity contribution is -0.870. The normalized spacial score (nSPS) is 22.8. The summed E-state index contributed by atoms with van der Waals surface area (Å²) in [6.07, 6.45) is 4.77. The van der Waals surface area contributed by atoms with Gasteiger partial charge < -0.3 is 28.9 Å². The Kier molecular flexibility index (Phi) is 9.94. The highest BCUT2D eigenvalue weighted by Gasteiger charge is 2.47. The second-order valence-electron chi connectivity index (χ2n) is 12.5. The van der Waals surface area contributed by atoms with Crippen molar-refractivity contribution in [1.82, 2.24) is 14.7 Å². The molecule has 3 atom stereocenters. The van der Waals surface area contributed by atoms with Gasteiger partial charge in [-0.15, -0.1) is 0 Å². The highest BCUT2D eigenvalue weighted by atomic mass is 16.7. The van der Waals surface area contributed by atoms with Crippen molar-refractivity contribution in [2.75, 3.05) is 73.7 Å². The lowest BCUT2D eigenvalue weighted by atomic mass is 9.84. The van der Waals surface area contributed by atoms with Crippen LogP contribution in [0.5, 0.6) is 11.5 Å². The average molecular weight is 560 g/mol. The van der Waals surface area contributed by atoms with Crippen LogP contribution < -0.4 is 9.47 Å². The van der Waals surface area contributed by atoms with Crippen molar-refractivity contribution in [1.29, 1.82) is 0 Å². The molecule has 0 saturated carbocycles. The quantitative estimate of drug-likeness (QED) is 0.350. The van der Waals surface area contributed by atoms with Gasteiger partial charge in [-0.3, -0.25) is 19.3 Å². The third-order valence-electron chi connectivity index (χ3n) is 8.45. The van der Waals surface area contributed by atoms with Gasteiger partial charge in [0, 0.05) is 57.5 Å². The van der Waals surface area contributed by atoms with E-state index >= 15 is 0 Å². The second kappa shape index (κ2) is 13.2. The summed E-state index contributed by atoms with van der Waals surface area (Å²) in [5.41, 5.74) is 0.875. The van der Waals surface area contributed by atoms with E-state index in [4.69, 9.17) is 9.47 Å². The molecule has 10 nitrogen and oxygen atoms in total. The molecule has 2 saturated heterocycles. The van der Waals surface area contributed by atoms with Crippen LogP contribution in [0.1, 0.15) is 56.9 Å². The number of aliphatic carboxylic acids is 1. The fourth-order valence-electron chi connectivity index (χ4n) is 6.28. The molecule has 4 rings (SSSR count). The monoisotopic (exact) mass is 559 g/mol. The van der Waals surface area contributed by atoms with Crippen LogP contribution >= 0.6 is 0 Å². The van der Waals surface area contributed by atoms with Crippen LogP contribution in [0.25, 0.3) is 0 Å². The predicted molar refractivity (Wildman–Crippen MR) is 151 cm³/mol. The summed E-state index contributed by atoms with van der Waals surface area (Å²) < 4.78 is 11.9. The summed E-state index contributed by atoms with van der Waals surface area (Å²) >= 11 is 0. The molecule has 0 spiro atoms. The predicted octanol–water partition coefficient (Wildman–Crippen LogP) is 2.62. The van der Waals surface area contributed by atoms with Gasteiger partial charge in [0.1, 0.15) is 0 Å². The highest BCUT2D eigenvalue weighted by Crippen LogP contribution is 2.42. The van der Waals surface area contributed by atoms with Gasteiger partial charge in [-0.2, -0.15) is 0 Å². The Morgan fingerprint density at radius 2 is 1.88 bits per heavy atom. The number of carboxylic acids is 1. The van der Waals surface area contributed by atoms with Crippen molar-refractivity contribution in [2.24, 2.45) is 5.92 Å². The minimum Gasteiger partial charge on any atom is -0.481 e. The van der Waals surface area contributed by atoms with Crippen molar-refractivity contribution in [3.63, 3.8) is 0 Å². The first-order valence-electron chi connectivity index (χ1n) is 14.8. The number of carboxylic acid groups (broad SMARTS) is 1. The summed E-state index contributed by atoms with van der Waals surface area (Å²) in [7, 11) is 6.46. The van der Waals surface area contributed by atoms with Crippen molar-refractivity contribution in [3.8, 4) is 11.5 Å². The van der Waals surface area contributed by atoms with Gasteiger partial charge in [-0.1, -0.05) is 19.4 Å². The maximum absolute atomic E-state index is 13.7. The molecule has 3 heterocycles. The fourth-order valence-corrected chi connectivity index (χ4v) is 6.28. The van der Waals surface area contributed by atoms with E-state index in [-0.39, 0.29) is 37.1 Å². The summed E-state index contributed by atoms with van der Waals surface area (Å²) in [5.74, 6) is -0.422. The summed E-state index contributed by atoms with van der Waals surface area (Å²) in [6, 6.07) is 5.28. The van der Waals surface area contributed by atoms with Crippen molar-refractivity contribution < 1.29 is 33.4 Å². The maximum atomic E-state index is 13.7. The number of benzene rings is 1. The number of carbonyl (C=O) groups is 3. The first-order chi connectivity index (χ1) is 19.1. The van der Waals surface area contributed by atoms with Crippen molar-refractivity contribution in [3.05, 3.63) is 23.8 Å². The minimum atomic E-state index is -0.874. The molecule has 40 heavy (non-hydrogen) atoms. The van der Waals surface area contributed by atoms with E-state index in [2.05, 4.69) is 33.0 Å². The number of hydrogen-bond donors (Lipinski definition) is 1. The molecule has 0 aromatic heterocycles. The molecule has 10 heteroatoms. The average Bonchev–Trinajstić information content (AvgIpc) is 3.62. The molecular formula is C30H47N4O6+. The summed E-state index contributed by atoms with van der Waals surface area (Å²) in [5, 5.41) is 10.5. The van der Waals surface area contributed by atoms with Crippen LogP contribution in [0.2, 0.25) is 0 Å². The lowest BCUT2D eigenvalue weighted by Crippen LogP contribution is -2.46. The SMILES string of the molecule is CCCCN(CCC[N+](C)(C)C)C(=O)CN1C[C@H](c2ccc3c(c2)OCO3)C(C(=O)O)[C@@H]1CCN1CCCC1=O. The van der Waals surface area contributed by atoms with Gasteiger partial charge in [0.05, 0.1) is 40.2 Å². The number of ether oxygens (including phenoxy) is 2. The smallest absolute Gasteiger partial charge is 0.308 e. The Morgan fingerprint density at radius 3 is 2.55 bits per heavy atom. The van der Waals surface area contributed by atoms with Gasteiger partial charge in [-0.25, -0.2) is 0 Å². The molecule has 2 fully saturated rings. The number of nitrogens with zero attached hydrogens (tertiary/aromatic N) is 4. The van der Waals surface area contributed by atoms with E-state index < -0.39 is 11.9 Å². The first kappa shape index (κ1) is 30.1. The Labute approximate surface area is 238 Å². The van der Waals surface area contributed by atoms with Crippen LogP contribution in [0.4, 0.5) is 0 Å². The van der Waals surface area contributed by atoms with E-state index in [0.717, 1.165) is 42.3 Å². The fraction of sp³-hybridized carbons (Fsp3) is 0.700. The van der Waals surface area contributed by atoms with Gasteiger partial charge in [-0.05, 0) is 37.0 Å². The topological polar surface area (TPSA) is 99.6 Å². The number of amides is 2. The number of unbranched alkanes of at least 4 members (excludes halogenated alkanes) is 1. The maximum Gasteiger partial charge on any atom is 0.308 e. The zero-order chi connectivity index (χ0) is 28.9. The van der Waals surface area contributed by atoms with Gasteiger partial charge in [0.2, 0.25) is 18.6 Å². The molecule has 2 amide bonds. The highest BCUT2D eigenvalue weighted by molar-refractivity contribution is 5.79. The van der Waals surface area contributed by atoms with Gasteiger partial charge in [0.25, 0.3) is 0 Å². The number of carbonyl (C=O) groups excluding carboxylic acids is 2. The van der Waals surface area contributed by atoms with Gasteiger partial charge in [0.15, 0.2) is 11.5 Å². The number of rotatable bonds is 14. The molecule has 222 valence electrons. The van der Waals surface area contributed by atoms with Crippen LogP contribution in [0.3, 0.4) is 0 Å². The van der Waals surface area contributed by atoms with Crippen molar-refractivity contribution in [2.45, 2.75) is 57.4 Å². The Balaban J connectivity index is 1.55. The number of fused-ring (bicyclic) bond motifs is 1. The van der Waals surface area contributed by atoms with E-state index in [1.807, 2.05) is 28.0 Å². The van der Waals surface area contributed by atoms with Crippen LogP contribution in [0.15, 0.2) is 18.2 Å². The number of hydrogen-bond acceptors (Lipinski definition) is 6. The standard InChI is InChI=1S/C30H46N4O6/c1-5-6-13-31(15-8-17-34(2,3)4)28(36)20-33-19-23(22-10-11-25-26(18-22)40-21-39-25)29(30(37)38)24(33)12-16-32-14-7-9-27(32)35/h10-11,18,23-24,29H,5-9,12-17,19-21H2,1-4H3/p+1/t23-,24+,29?/m1/s1. The zero-order valence-corrected chi connectivity index (χ0v) is 24.6. The summed E-state index contributed by atoms with van der Waals surface area (Å²) in [4.78, 5) is 44.7. The van der Waals surface area contributed by atoms with E-state index in [1.54, 1.807) is 0 Å². The third-order valence-corrected chi connectivity index (χ3v) is 8.45. The van der Waals surface area contributed by atoms with E-state index in [1.165, 1.54) is 0 Å². The molecule has 3 aliphatic rings. The zero-order valence-electron chi connectivity index (χ0n) is 24.6. The number of likely N-dealkylation sites (tertiary alicyclic amines) is 2. The van der Waals surface area contributed by atoms with E-state index in [9.17, 15) is 19.5 Å².